The molecule has 0 aromatic heterocycles. The molecule has 0 atom stereocenters. The fourth-order valence-electron chi connectivity index (χ4n) is 4.60. The molecule has 0 amide bonds. The zero-order chi connectivity index (χ0) is 22.8. The van der Waals surface area contributed by atoms with Gasteiger partial charge in [-0.2, -0.15) is 0 Å². The molecule has 1 aliphatic carbocycles. The van der Waals surface area contributed by atoms with Gasteiger partial charge in [0, 0.05) is 6.61 Å². The molecule has 2 heteroatoms. The maximum Gasteiger partial charge on any atom is 0.0434 e. The summed E-state index contributed by atoms with van der Waals surface area (Å²) >= 11 is 0. The van der Waals surface area contributed by atoms with Gasteiger partial charge in [0.25, 0.3) is 0 Å². The van der Waals surface area contributed by atoms with E-state index in [0.29, 0.717) is 5.92 Å². The predicted octanol–water partition coefficient (Wildman–Crippen LogP) is 7.03. The number of nitrogens with one attached hydrogen (secondary N) is 1. The maximum absolute atomic E-state index is 9.59. The highest BCUT2D eigenvalue weighted by Crippen LogP contribution is 2.37. The minimum absolute atomic E-state index is 0.203. The fraction of sp³-hybridized carbons (Fsp3) is 0.400. The summed E-state index contributed by atoms with van der Waals surface area (Å²) in [6.45, 7) is 11.1. The maximum atomic E-state index is 9.59. The first-order chi connectivity index (χ1) is 15.6. The van der Waals surface area contributed by atoms with Crippen molar-refractivity contribution >= 4 is 5.57 Å². The summed E-state index contributed by atoms with van der Waals surface area (Å²) in [6, 6.07) is 9.20. The highest BCUT2D eigenvalue weighted by molar-refractivity contribution is 5.86. The largest absolute Gasteiger partial charge is 0.396 e. The third-order valence-corrected chi connectivity index (χ3v) is 6.62. The minimum atomic E-state index is 0.203. The second-order valence-electron chi connectivity index (χ2n) is 8.88. The van der Waals surface area contributed by atoms with Gasteiger partial charge in [-0.1, -0.05) is 72.9 Å². The molecule has 1 heterocycles. The standard InChI is InChI=1S/C30H39NO/c1-4-23(2)12-13-24(3)30(29(11-8-22-32)27-9-6-5-7-10-27)28-16-14-25(15-17-28)26-18-20-31-21-19-26/h4-6,9,12-17,26,31-32H,3,7-8,10-11,18-22H2,1-2H3/b13-12-,23-4-,30-29-. The molecule has 2 N–H and O–H groups in total. The van der Waals surface area contributed by atoms with Gasteiger partial charge in [-0.3, -0.25) is 0 Å². The third kappa shape index (κ3) is 6.54. The van der Waals surface area contributed by atoms with Crippen molar-refractivity contribution < 1.29 is 5.11 Å². The Balaban J connectivity index is 2.04. The Morgan fingerprint density at radius 2 is 1.91 bits per heavy atom. The molecule has 170 valence electrons. The summed E-state index contributed by atoms with van der Waals surface area (Å²) in [5, 5.41) is 13.1. The zero-order valence-electron chi connectivity index (χ0n) is 19.9. The van der Waals surface area contributed by atoms with Crippen LogP contribution in [0, 0.1) is 0 Å². The molecule has 2 aliphatic rings. The van der Waals surface area contributed by atoms with Crippen LogP contribution < -0.4 is 5.32 Å². The first-order valence-corrected chi connectivity index (χ1v) is 12.2. The fourth-order valence-corrected chi connectivity index (χ4v) is 4.60. The van der Waals surface area contributed by atoms with Crippen molar-refractivity contribution in [1.82, 2.24) is 5.32 Å². The van der Waals surface area contributed by atoms with E-state index in [2.05, 4.69) is 86.5 Å². The van der Waals surface area contributed by atoms with Crippen molar-refractivity contribution in [2.24, 2.45) is 0 Å². The number of rotatable bonds is 9. The molecule has 32 heavy (non-hydrogen) atoms. The van der Waals surface area contributed by atoms with Gasteiger partial charge in [0.2, 0.25) is 0 Å². The first-order valence-electron chi connectivity index (χ1n) is 12.2. The van der Waals surface area contributed by atoms with Crippen LogP contribution >= 0.6 is 0 Å². The van der Waals surface area contributed by atoms with Gasteiger partial charge in [0.15, 0.2) is 0 Å². The highest BCUT2D eigenvalue weighted by atomic mass is 16.2. The molecule has 0 spiro atoms. The third-order valence-electron chi connectivity index (χ3n) is 6.62. The number of hydrogen-bond donors (Lipinski definition) is 2. The van der Waals surface area contributed by atoms with E-state index < -0.39 is 0 Å². The van der Waals surface area contributed by atoms with E-state index in [1.807, 2.05) is 0 Å². The highest BCUT2D eigenvalue weighted by Gasteiger charge is 2.18. The van der Waals surface area contributed by atoms with E-state index in [0.717, 1.165) is 44.3 Å². The van der Waals surface area contributed by atoms with Crippen LogP contribution in [0.15, 0.2) is 89.6 Å². The Bertz CT molecular complexity index is 918. The minimum Gasteiger partial charge on any atom is -0.396 e. The van der Waals surface area contributed by atoms with E-state index in [1.54, 1.807) is 0 Å². The molecule has 1 fully saturated rings. The van der Waals surface area contributed by atoms with Gasteiger partial charge in [0.1, 0.15) is 0 Å². The van der Waals surface area contributed by atoms with Crippen molar-refractivity contribution in [2.45, 2.75) is 58.3 Å². The molecule has 0 unspecified atom stereocenters. The summed E-state index contributed by atoms with van der Waals surface area (Å²) in [4.78, 5) is 0. The van der Waals surface area contributed by atoms with Crippen LogP contribution in [0.25, 0.3) is 5.57 Å². The molecule has 0 radical (unpaired) electrons. The quantitative estimate of drug-likeness (QED) is 0.413. The Kier molecular flexibility index (Phi) is 9.52. The van der Waals surface area contributed by atoms with Gasteiger partial charge in [-0.15, -0.1) is 0 Å². The first kappa shape index (κ1) is 24.2. The van der Waals surface area contributed by atoms with Crippen LogP contribution in [0.4, 0.5) is 0 Å². The van der Waals surface area contributed by atoms with Gasteiger partial charge >= 0.3 is 0 Å². The van der Waals surface area contributed by atoms with Crippen LogP contribution in [0.3, 0.4) is 0 Å². The molecular formula is C30H39NO. The summed E-state index contributed by atoms with van der Waals surface area (Å²) in [7, 11) is 0. The van der Waals surface area contributed by atoms with E-state index in [4.69, 9.17) is 0 Å². The summed E-state index contributed by atoms with van der Waals surface area (Å²) in [5.41, 5.74) is 8.84. The number of piperidine rings is 1. The van der Waals surface area contributed by atoms with Crippen molar-refractivity contribution in [3.63, 3.8) is 0 Å². The Morgan fingerprint density at radius 1 is 1.16 bits per heavy atom. The Morgan fingerprint density at radius 3 is 2.53 bits per heavy atom. The molecule has 0 bridgehead atoms. The molecule has 3 rings (SSSR count). The lowest BCUT2D eigenvalue weighted by atomic mass is 9.83. The van der Waals surface area contributed by atoms with Crippen molar-refractivity contribution in [3.05, 3.63) is 101 Å². The lowest BCUT2D eigenvalue weighted by molar-refractivity contribution is 0.288. The lowest BCUT2D eigenvalue weighted by Gasteiger charge is -2.24. The van der Waals surface area contributed by atoms with Crippen LogP contribution in [0.1, 0.15) is 69.4 Å². The average Bonchev–Trinajstić information content (AvgIpc) is 2.86. The average molecular weight is 430 g/mol. The second-order valence-corrected chi connectivity index (χ2v) is 8.88. The summed E-state index contributed by atoms with van der Waals surface area (Å²) in [5.74, 6) is 0.651. The van der Waals surface area contributed by atoms with Crippen molar-refractivity contribution in [3.8, 4) is 0 Å². The normalized spacial score (nSPS) is 18.6. The SMILES string of the molecule is C=C(/C=C\C(C)=C/C)/C(=C(\CCCO)C1=CC=CCC1)c1ccc(C2CCNCC2)cc1. The Hall–Kier alpha value is -2.42. The molecule has 1 aromatic rings. The topological polar surface area (TPSA) is 32.3 Å². The number of hydrogen-bond acceptors (Lipinski definition) is 2. The van der Waals surface area contributed by atoms with Crippen molar-refractivity contribution in [2.75, 3.05) is 19.7 Å². The smallest absolute Gasteiger partial charge is 0.0434 e. The summed E-state index contributed by atoms with van der Waals surface area (Å²) < 4.78 is 0. The molecule has 2 nitrogen and oxygen atoms in total. The van der Waals surface area contributed by atoms with E-state index in [9.17, 15) is 5.11 Å². The van der Waals surface area contributed by atoms with Crippen LogP contribution in [-0.4, -0.2) is 24.8 Å². The lowest BCUT2D eigenvalue weighted by Crippen LogP contribution is -2.26. The van der Waals surface area contributed by atoms with E-state index in [1.165, 1.54) is 46.3 Å². The van der Waals surface area contributed by atoms with Crippen molar-refractivity contribution in [1.29, 1.82) is 0 Å². The van der Waals surface area contributed by atoms with Crippen LogP contribution in [0.2, 0.25) is 0 Å². The van der Waals surface area contributed by atoms with Gasteiger partial charge < -0.3 is 10.4 Å². The van der Waals surface area contributed by atoms with Crippen LogP contribution in [0.5, 0.6) is 0 Å². The van der Waals surface area contributed by atoms with Gasteiger partial charge in [-0.25, -0.2) is 0 Å². The number of aliphatic hydroxyl groups excluding tert-OH is 1. The molecule has 1 saturated heterocycles. The molecular weight excluding hydrogens is 390 g/mol. The number of benzene rings is 1. The molecule has 1 aliphatic heterocycles. The summed E-state index contributed by atoms with van der Waals surface area (Å²) in [6.07, 6.45) is 19.2. The monoisotopic (exact) mass is 429 g/mol. The van der Waals surface area contributed by atoms with E-state index in [-0.39, 0.29) is 6.61 Å². The van der Waals surface area contributed by atoms with E-state index >= 15 is 0 Å². The molecule has 1 aromatic carbocycles. The molecule has 0 saturated carbocycles. The second kappa shape index (κ2) is 12.6. The van der Waals surface area contributed by atoms with Gasteiger partial charge in [0.05, 0.1) is 0 Å². The number of aliphatic hydroxyl groups is 1. The van der Waals surface area contributed by atoms with Crippen LogP contribution in [-0.2, 0) is 0 Å². The predicted molar refractivity (Wildman–Crippen MR) is 139 cm³/mol. The Labute approximate surface area is 194 Å². The zero-order valence-corrected chi connectivity index (χ0v) is 19.9. The van der Waals surface area contributed by atoms with Gasteiger partial charge in [-0.05, 0) is 105 Å². The number of allylic oxidation sites excluding steroid dienone is 11.